The Hall–Kier alpha value is -1.58. The third kappa shape index (κ3) is 2.03. The van der Waals surface area contributed by atoms with Crippen molar-refractivity contribution in [2.75, 3.05) is 6.54 Å². The maximum absolute atomic E-state index is 6.36. The van der Waals surface area contributed by atoms with Gasteiger partial charge in [-0.3, -0.25) is 0 Å². The molecule has 0 N–H and O–H groups in total. The van der Waals surface area contributed by atoms with E-state index in [9.17, 15) is 0 Å². The summed E-state index contributed by atoms with van der Waals surface area (Å²) < 4.78 is 6.36. The zero-order chi connectivity index (χ0) is 14.1. The van der Waals surface area contributed by atoms with Crippen molar-refractivity contribution in [2.45, 2.75) is 30.9 Å². The molecule has 2 heterocycles. The normalized spacial score (nSPS) is 24.3. The van der Waals surface area contributed by atoms with Crippen LogP contribution in [0.25, 0.3) is 0 Å². The van der Waals surface area contributed by atoms with Crippen LogP contribution in [0.2, 0.25) is 0 Å². The molecular formula is C18H19BNO. The molecule has 2 aromatic carbocycles. The van der Waals surface area contributed by atoms with Crippen molar-refractivity contribution in [1.82, 2.24) is 4.81 Å². The third-order valence-corrected chi connectivity index (χ3v) is 4.79. The fourth-order valence-electron chi connectivity index (χ4n) is 3.81. The van der Waals surface area contributed by atoms with Crippen molar-refractivity contribution in [2.24, 2.45) is 0 Å². The Labute approximate surface area is 127 Å². The van der Waals surface area contributed by atoms with Crippen LogP contribution >= 0.6 is 0 Å². The molecule has 0 bridgehead atoms. The highest BCUT2D eigenvalue weighted by Gasteiger charge is 2.51. The van der Waals surface area contributed by atoms with Gasteiger partial charge < -0.3 is 9.47 Å². The number of hydrogen-bond acceptors (Lipinski definition) is 2. The Morgan fingerprint density at radius 1 is 0.905 bits per heavy atom. The highest BCUT2D eigenvalue weighted by Crippen LogP contribution is 2.45. The van der Waals surface area contributed by atoms with Crippen LogP contribution in [0.15, 0.2) is 60.7 Å². The minimum Gasteiger partial charge on any atom is -0.409 e. The molecule has 2 nitrogen and oxygen atoms in total. The molecule has 0 aliphatic carbocycles. The van der Waals surface area contributed by atoms with E-state index in [0.29, 0.717) is 6.04 Å². The average molecular weight is 276 g/mol. The van der Waals surface area contributed by atoms with Crippen LogP contribution in [-0.2, 0) is 10.3 Å². The van der Waals surface area contributed by atoms with Crippen LogP contribution in [0.5, 0.6) is 0 Å². The summed E-state index contributed by atoms with van der Waals surface area (Å²) in [5.41, 5.74) is 2.15. The maximum Gasteiger partial charge on any atom is 0.400 e. The van der Waals surface area contributed by atoms with Gasteiger partial charge in [0.2, 0.25) is 0 Å². The van der Waals surface area contributed by atoms with Crippen LogP contribution in [0.1, 0.15) is 30.4 Å². The highest BCUT2D eigenvalue weighted by atomic mass is 16.5. The fraction of sp³-hybridized carbons (Fsp3) is 0.333. The van der Waals surface area contributed by atoms with Gasteiger partial charge in [0.25, 0.3) is 0 Å². The monoisotopic (exact) mass is 276 g/mol. The average Bonchev–Trinajstić information content (AvgIpc) is 2.97. The Morgan fingerprint density at radius 3 is 2.14 bits per heavy atom. The second-order valence-corrected chi connectivity index (χ2v) is 5.94. The van der Waals surface area contributed by atoms with E-state index in [2.05, 4.69) is 65.5 Å². The number of nitrogens with zero attached hydrogens (tertiary/aromatic N) is 1. The van der Waals surface area contributed by atoms with E-state index in [-0.39, 0.29) is 5.60 Å². The lowest BCUT2D eigenvalue weighted by Gasteiger charge is -2.41. The van der Waals surface area contributed by atoms with E-state index < -0.39 is 0 Å². The minimum absolute atomic E-state index is 0.358. The van der Waals surface area contributed by atoms with Crippen molar-refractivity contribution >= 4 is 7.62 Å². The molecular weight excluding hydrogens is 257 g/mol. The van der Waals surface area contributed by atoms with Gasteiger partial charge >= 0.3 is 7.62 Å². The summed E-state index contributed by atoms with van der Waals surface area (Å²) in [6.45, 7) is 1.10. The molecule has 105 valence electrons. The molecule has 0 unspecified atom stereocenters. The Morgan fingerprint density at radius 2 is 1.52 bits per heavy atom. The number of rotatable bonds is 2. The summed E-state index contributed by atoms with van der Waals surface area (Å²) in [5, 5.41) is 0. The molecule has 2 aliphatic heterocycles. The van der Waals surface area contributed by atoms with Crippen LogP contribution < -0.4 is 0 Å². The first-order valence-electron chi connectivity index (χ1n) is 7.79. The van der Waals surface area contributed by atoms with Gasteiger partial charge in [0.15, 0.2) is 0 Å². The highest BCUT2D eigenvalue weighted by molar-refractivity contribution is 6.25. The van der Waals surface area contributed by atoms with E-state index in [4.69, 9.17) is 4.65 Å². The molecule has 2 aromatic rings. The molecule has 3 heteroatoms. The summed E-state index contributed by atoms with van der Waals surface area (Å²) in [6, 6.07) is 21.7. The lowest BCUT2D eigenvalue weighted by Crippen LogP contribution is -2.46. The van der Waals surface area contributed by atoms with Crippen molar-refractivity contribution in [3.63, 3.8) is 0 Å². The molecule has 1 atom stereocenters. The summed E-state index contributed by atoms with van der Waals surface area (Å²) in [5.74, 6) is 0. The molecule has 1 radical (unpaired) electrons. The first kappa shape index (κ1) is 13.1. The lowest BCUT2D eigenvalue weighted by atomic mass is 9.77. The van der Waals surface area contributed by atoms with Gasteiger partial charge in [-0.2, -0.15) is 0 Å². The molecule has 0 saturated carbocycles. The smallest absolute Gasteiger partial charge is 0.400 e. The van der Waals surface area contributed by atoms with E-state index in [1.165, 1.54) is 30.4 Å². The minimum atomic E-state index is -0.358. The first-order chi connectivity index (χ1) is 10.4. The summed E-state index contributed by atoms with van der Waals surface area (Å²) >= 11 is 0. The molecule has 4 rings (SSSR count). The van der Waals surface area contributed by atoms with Gasteiger partial charge in [0, 0.05) is 6.04 Å². The predicted octanol–water partition coefficient (Wildman–Crippen LogP) is 3.35. The zero-order valence-corrected chi connectivity index (χ0v) is 12.1. The summed E-state index contributed by atoms with van der Waals surface area (Å²) in [6.07, 6.45) is 3.72. The zero-order valence-electron chi connectivity index (χ0n) is 12.1. The molecule has 2 aliphatic rings. The Balaban J connectivity index is 1.87. The summed E-state index contributed by atoms with van der Waals surface area (Å²) in [4.78, 5) is 2.39. The van der Waals surface area contributed by atoms with E-state index in [1.54, 1.807) is 0 Å². The second-order valence-electron chi connectivity index (χ2n) is 5.94. The standard InChI is InChI=1S/C18H19BNO/c1-3-9-15(10-4-1)18(16-11-5-2-6-12-16)17-13-7-8-14-20(17)19-21-18/h1-6,9-12,17H,7-8,13-14H2/t17-/m0/s1. The fourth-order valence-corrected chi connectivity index (χ4v) is 3.81. The van der Waals surface area contributed by atoms with Crippen LogP contribution in [0, 0.1) is 0 Å². The summed E-state index contributed by atoms with van der Waals surface area (Å²) in [7, 11) is 1.96. The molecule has 0 spiro atoms. The Bertz CT molecular complexity index is 562. The quantitative estimate of drug-likeness (QED) is 0.780. The molecule has 2 fully saturated rings. The van der Waals surface area contributed by atoms with Crippen LogP contribution in [-0.4, -0.2) is 25.0 Å². The van der Waals surface area contributed by atoms with Gasteiger partial charge in [0.1, 0.15) is 5.60 Å². The Kier molecular flexibility index (Phi) is 3.32. The molecule has 21 heavy (non-hydrogen) atoms. The first-order valence-corrected chi connectivity index (χ1v) is 7.79. The van der Waals surface area contributed by atoms with Crippen molar-refractivity contribution in [1.29, 1.82) is 0 Å². The van der Waals surface area contributed by atoms with Gasteiger partial charge in [-0.15, -0.1) is 0 Å². The van der Waals surface area contributed by atoms with Crippen molar-refractivity contribution in [3.8, 4) is 0 Å². The van der Waals surface area contributed by atoms with E-state index in [1.807, 2.05) is 7.62 Å². The second kappa shape index (κ2) is 5.32. The van der Waals surface area contributed by atoms with Gasteiger partial charge in [0.05, 0.1) is 0 Å². The van der Waals surface area contributed by atoms with E-state index >= 15 is 0 Å². The number of fused-ring (bicyclic) bond motifs is 1. The lowest BCUT2D eigenvalue weighted by molar-refractivity contribution is 0.0839. The SMILES string of the molecule is [B]1OC(c2ccccc2)(c2ccccc2)[C@@H]2CCCCN12. The van der Waals surface area contributed by atoms with Crippen molar-refractivity contribution in [3.05, 3.63) is 71.8 Å². The maximum atomic E-state index is 6.36. The van der Waals surface area contributed by atoms with Gasteiger partial charge in [-0.25, -0.2) is 0 Å². The number of piperidine rings is 1. The van der Waals surface area contributed by atoms with Crippen LogP contribution in [0.3, 0.4) is 0 Å². The topological polar surface area (TPSA) is 12.5 Å². The molecule has 0 aromatic heterocycles. The largest absolute Gasteiger partial charge is 0.409 e. The van der Waals surface area contributed by atoms with Gasteiger partial charge in [-0.1, -0.05) is 67.1 Å². The van der Waals surface area contributed by atoms with Crippen molar-refractivity contribution < 1.29 is 4.65 Å². The molecule has 2 saturated heterocycles. The van der Waals surface area contributed by atoms with E-state index in [0.717, 1.165) is 6.54 Å². The van der Waals surface area contributed by atoms with Crippen LogP contribution in [0.4, 0.5) is 0 Å². The molecule has 0 amide bonds. The number of hydrogen-bond donors (Lipinski definition) is 0. The predicted molar refractivity (Wildman–Crippen MR) is 84.8 cm³/mol. The number of benzene rings is 2. The van der Waals surface area contributed by atoms with Gasteiger partial charge in [-0.05, 0) is 30.5 Å². The third-order valence-electron chi connectivity index (χ3n) is 4.79.